The number of ketones is 1. The van der Waals surface area contributed by atoms with Crippen molar-refractivity contribution >= 4 is 62.2 Å². The Morgan fingerprint density at radius 1 is 0.781 bits per heavy atom. The number of nitrogens with zero attached hydrogens (tertiary/aromatic N) is 3. The molecule has 9 rings (SSSR count). The summed E-state index contributed by atoms with van der Waals surface area (Å²) in [4.78, 5) is 60.3. The Hall–Kier alpha value is -6.16. The van der Waals surface area contributed by atoms with E-state index in [1.165, 1.54) is 22.3 Å². The summed E-state index contributed by atoms with van der Waals surface area (Å²) in [7, 11) is 7.12. The molecule has 4 heterocycles. The third-order valence-electron chi connectivity index (χ3n) is 14.3. The van der Waals surface area contributed by atoms with E-state index in [1.807, 2.05) is 79.2 Å². The van der Waals surface area contributed by atoms with Gasteiger partial charge in [-0.1, -0.05) is 77.0 Å². The highest BCUT2D eigenvalue weighted by Gasteiger charge is 2.37. The van der Waals surface area contributed by atoms with Crippen LogP contribution in [0.4, 0.5) is 17.1 Å². The summed E-state index contributed by atoms with van der Waals surface area (Å²) < 4.78 is 18.9. The van der Waals surface area contributed by atoms with Crippen LogP contribution in [0, 0.1) is 6.92 Å². The maximum absolute atomic E-state index is 14.2. The lowest BCUT2D eigenvalue weighted by molar-refractivity contribution is -0.118. The summed E-state index contributed by atoms with van der Waals surface area (Å²) in [6.07, 6.45) is 3.96. The van der Waals surface area contributed by atoms with E-state index < -0.39 is 0 Å². The third-order valence-corrected chi connectivity index (χ3v) is 17.8. The van der Waals surface area contributed by atoms with Gasteiger partial charge in [-0.3, -0.25) is 19.2 Å². The number of likely N-dealkylation sites (N-methyl/N-ethyl adjacent to an activating group) is 2. The number of Topliss-reactive ketones (excluding diaryl/α,β-unsaturated/α-hetero) is 1. The molecule has 3 N–H and O–H groups in total. The minimum absolute atomic E-state index is 0.00678. The lowest BCUT2D eigenvalue weighted by atomic mass is 9.93. The van der Waals surface area contributed by atoms with Crippen molar-refractivity contribution in [2.75, 3.05) is 61.6 Å². The van der Waals surface area contributed by atoms with Crippen LogP contribution in [0.15, 0.2) is 91.0 Å². The van der Waals surface area contributed by atoms with E-state index in [9.17, 15) is 19.2 Å². The Bertz CT molecular complexity index is 2870. The average Bonchev–Trinajstić information content (AvgIpc) is 3.57. The number of hydrogen-bond donors (Lipinski definition) is 3. The van der Waals surface area contributed by atoms with Crippen LogP contribution in [0.2, 0.25) is 0 Å². The van der Waals surface area contributed by atoms with E-state index in [2.05, 4.69) is 71.1 Å². The highest BCUT2D eigenvalue weighted by molar-refractivity contribution is 8.77. The van der Waals surface area contributed by atoms with Gasteiger partial charge in [-0.25, -0.2) is 0 Å². The normalized spacial score (nSPS) is 16.9. The fourth-order valence-corrected chi connectivity index (χ4v) is 13.0. The molecule has 0 saturated heterocycles. The van der Waals surface area contributed by atoms with E-state index >= 15 is 0 Å². The maximum Gasteiger partial charge on any atom is 0.256 e. The van der Waals surface area contributed by atoms with Gasteiger partial charge in [0.05, 0.1) is 48.2 Å². The lowest BCUT2D eigenvalue weighted by Gasteiger charge is -2.36. The van der Waals surface area contributed by atoms with Gasteiger partial charge in [-0.2, -0.15) is 0 Å². The second-order valence-corrected chi connectivity index (χ2v) is 23.4. The molecular formula is C58H68N6O7S2. The summed E-state index contributed by atoms with van der Waals surface area (Å²) in [5.41, 5.74) is 10.7. The third kappa shape index (κ3) is 12.3. The van der Waals surface area contributed by atoms with Crippen molar-refractivity contribution in [2.45, 2.75) is 109 Å². The Kier molecular flexibility index (Phi) is 16.3. The number of nitrogens with one attached hydrogen (secondary N) is 3. The van der Waals surface area contributed by atoms with Crippen LogP contribution in [0.5, 0.6) is 17.2 Å². The standard InChI is InChI=1S/C58H68N6O7S2/c1-7-59-31-47(65)17-12-20-72-73-58(3,4)19-18-55(66)61-44-23-38(35-70-52-29-51-49(21-37(52)2)57(68)64-33-43-16-11-9-14-41(43)26-46(64)34-62(51)5)22-39(24-44)36-71-54-28-50-48(27-53(54)69-6)56(67)63-32-42-15-10-8-13-40(42)25-45(63)30-60-50/h8-11,13-16,21-24,27-29,45-46,59-60H,7,12,17-20,25-26,30-36H2,1-6H3,(H,61,66)/t45-,46-/m0/s1. The Balaban J connectivity index is 0.910. The number of hydrogen-bond acceptors (Lipinski definition) is 12. The van der Waals surface area contributed by atoms with Crippen LogP contribution in [0.25, 0.3) is 0 Å². The topological polar surface area (TPSA) is 142 Å². The summed E-state index contributed by atoms with van der Waals surface area (Å²) >= 11 is 0. The molecule has 13 nitrogen and oxygen atoms in total. The molecule has 0 unspecified atom stereocenters. The van der Waals surface area contributed by atoms with E-state index in [-0.39, 0.29) is 53.5 Å². The van der Waals surface area contributed by atoms with Gasteiger partial charge in [-0.15, -0.1) is 0 Å². The lowest BCUT2D eigenvalue weighted by Crippen LogP contribution is -2.47. The first kappa shape index (κ1) is 51.7. The van der Waals surface area contributed by atoms with Gasteiger partial charge in [0.15, 0.2) is 11.5 Å². The number of carbonyl (C=O) groups excluding carboxylic acids is 4. The molecule has 0 saturated carbocycles. The zero-order chi connectivity index (χ0) is 51.2. The van der Waals surface area contributed by atoms with Gasteiger partial charge in [0, 0.05) is 74.4 Å². The van der Waals surface area contributed by atoms with Crippen molar-refractivity contribution < 1.29 is 33.4 Å². The zero-order valence-electron chi connectivity index (χ0n) is 42.9. The molecule has 0 bridgehead atoms. The summed E-state index contributed by atoms with van der Waals surface area (Å²) in [6, 6.07) is 30.2. The number of anilines is 3. The SMILES string of the molecule is CCNCC(=O)CCCSSC(C)(C)CCC(=O)Nc1cc(COc2cc3c(cc2C)C(=O)N2Cc4ccccc4C[C@H]2CN3C)cc(COc2cc3c(cc2OC)C(=O)N2Cc4ccccc4C[C@H]2CN3)c1. The number of ether oxygens (including phenoxy) is 3. The van der Waals surface area contributed by atoms with E-state index in [1.54, 1.807) is 34.8 Å². The van der Waals surface area contributed by atoms with Crippen LogP contribution < -0.4 is 35.1 Å². The molecule has 5 aromatic carbocycles. The Morgan fingerprint density at radius 2 is 1.42 bits per heavy atom. The molecule has 3 amide bonds. The number of carbonyl (C=O) groups is 4. The second kappa shape index (κ2) is 22.9. The van der Waals surface area contributed by atoms with Crippen LogP contribution in [-0.4, -0.2) is 96.2 Å². The van der Waals surface area contributed by atoms with Gasteiger partial charge in [0.1, 0.15) is 24.7 Å². The fraction of sp³-hybridized carbons (Fsp3) is 0.414. The van der Waals surface area contributed by atoms with Gasteiger partial charge >= 0.3 is 0 Å². The van der Waals surface area contributed by atoms with E-state index in [4.69, 9.17) is 14.2 Å². The number of amides is 3. The van der Waals surface area contributed by atoms with Crippen LogP contribution in [0.1, 0.15) is 106 Å². The number of benzene rings is 5. The van der Waals surface area contributed by atoms with Crippen molar-refractivity contribution in [3.05, 3.63) is 141 Å². The van der Waals surface area contributed by atoms with Crippen LogP contribution in [0.3, 0.4) is 0 Å². The molecule has 5 aromatic rings. The van der Waals surface area contributed by atoms with Gasteiger partial charge in [0.2, 0.25) is 5.91 Å². The molecule has 0 spiro atoms. The molecule has 0 fully saturated rings. The number of rotatable bonds is 20. The summed E-state index contributed by atoms with van der Waals surface area (Å²) in [6.45, 7) is 12.2. The van der Waals surface area contributed by atoms with Crippen molar-refractivity contribution in [3.63, 3.8) is 0 Å². The highest BCUT2D eigenvalue weighted by atomic mass is 33.1. The first-order valence-corrected chi connectivity index (χ1v) is 27.9. The number of fused-ring (bicyclic) bond motifs is 6. The molecule has 73 heavy (non-hydrogen) atoms. The quantitative estimate of drug-likeness (QED) is 0.0505. The van der Waals surface area contributed by atoms with Crippen molar-refractivity contribution in [3.8, 4) is 17.2 Å². The molecule has 4 aliphatic rings. The van der Waals surface area contributed by atoms with Gasteiger partial charge in [-0.05, 0) is 122 Å². The minimum atomic E-state index is -0.165. The summed E-state index contributed by atoms with van der Waals surface area (Å²) in [5.74, 6) is 2.57. The largest absolute Gasteiger partial charge is 0.493 e. The predicted octanol–water partition coefficient (Wildman–Crippen LogP) is 10.0. The van der Waals surface area contributed by atoms with Crippen LogP contribution >= 0.6 is 21.6 Å². The molecule has 2 atom stereocenters. The highest BCUT2D eigenvalue weighted by Crippen LogP contribution is 2.41. The Labute approximate surface area is 437 Å². The Morgan fingerprint density at radius 3 is 2.11 bits per heavy atom. The van der Waals surface area contributed by atoms with Crippen molar-refractivity contribution in [1.82, 2.24) is 15.1 Å². The van der Waals surface area contributed by atoms with Gasteiger partial charge < -0.3 is 44.9 Å². The molecule has 4 aliphatic heterocycles. The fourth-order valence-electron chi connectivity index (χ4n) is 10.3. The van der Waals surface area contributed by atoms with Gasteiger partial charge in [0.25, 0.3) is 11.8 Å². The first-order chi connectivity index (χ1) is 35.2. The monoisotopic (exact) mass is 1020 g/mol. The minimum Gasteiger partial charge on any atom is -0.493 e. The van der Waals surface area contributed by atoms with E-state index in [0.29, 0.717) is 91.7 Å². The zero-order valence-corrected chi connectivity index (χ0v) is 44.6. The maximum atomic E-state index is 14.2. The van der Waals surface area contributed by atoms with Crippen LogP contribution in [-0.2, 0) is 48.7 Å². The van der Waals surface area contributed by atoms with E-state index in [0.717, 1.165) is 53.9 Å². The van der Waals surface area contributed by atoms with Crippen molar-refractivity contribution in [2.24, 2.45) is 0 Å². The molecule has 15 heteroatoms. The second-order valence-electron chi connectivity index (χ2n) is 20.3. The molecular weight excluding hydrogens is 957 g/mol. The molecule has 0 radical (unpaired) electrons. The smallest absolute Gasteiger partial charge is 0.256 e. The van der Waals surface area contributed by atoms with Crippen molar-refractivity contribution in [1.29, 1.82) is 0 Å². The average molecular weight is 1030 g/mol. The summed E-state index contributed by atoms with van der Waals surface area (Å²) in [5, 5.41) is 9.81. The predicted molar refractivity (Wildman–Crippen MR) is 293 cm³/mol. The number of methoxy groups -OCH3 is 1. The molecule has 0 aliphatic carbocycles. The first-order valence-electron chi connectivity index (χ1n) is 25.5. The number of aryl methyl sites for hydroxylation is 1. The molecule has 384 valence electrons. The molecule has 0 aromatic heterocycles.